The number of hydrogen-bond acceptors (Lipinski definition) is 2. The molecule has 0 saturated carbocycles. The molecule has 1 aliphatic heterocycles. The molecule has 0 aromatic heterocycles. The van der Waals surface area contributed by atoms with Gasteiger partial charge in [-0.3, -0.25) is 4.79 Å². The van der Waals surface area contributed by atoms with Crippen LogP contribution in [0.15, 0.2) is 30.3 Å². The number of carbonyl (C=O) groups is 1. The van der Waals surface area contributed by atoms with Gasteiger partial charge in [0.05, 0.1) is 6.04 Å². The van der Waals surface area contributed by atoms with Crippen LogP contribution in [0.1, 0.15) is 25.3 Å². The average molecular weight is 276 g/mol. The van der Waals surface area contributed by atoms with Gasteiger partial charge in [-0.05, 0) is 24.8 Å². The maximum Gasteiger partial charge on any atom is 0.217 e. The van der Waals surface area contributed by atoms with Crippen molar-refractivity contribution in [2.75, 3.05) is 13.1 Å². The summed E-state index contributed by atoms with van der Waals surface area (Å²) in [4.78, 5) is 14.5. The van der Waals surface area contributed by atoms with Crippen LogP contribution in [0.25, 0.3) is 0 Å². The Labute approximate surface area is 120 Å². The molecular weight excluding hydrogens is 256 g/mol. The summed E-state index contributed by atoms with van der Waals surface area (Å²) < 4.78 is 0. The number of likely N-dealkylation sites (tertiary alicyclic amines) is 1. The maximum atomic E-state index is 11.4. The van der Waals surface area contributed by atoms with Crippen LogP contribution in [-0.4, -0.2) is 34.9 Å². The highest BCUT2D eigenvalue weighted by Crippen LogP contribution is 2.13. The number of hydrogen-bond donors (Lipinski definition) is 1. The van der Waals surface area contributed by atoms with Gasteiger partial charge in [0, 0.05) is 20.0 Å². The zero-order valence-electron chi connectivity index (χ0n) is 11.3. The third-order valence-electron chi connectivity index (χ3n) is 3.38. The van der Waals surface area contributed by atoms with Gasteiger partial charge in [0.15, 0.2) is 0 Å². The van der Waals surface area contributed by atoms with E-state index in [1.54, 1.807) is 6.92 Å². The third kappa shape index (κ3) is 4.03. The molecule has 2 rings (SSSR count). The maximum absolute atomic E-state index is 11.4. The van der Waals surface area contributed by atoms with Crippen molar-refractivity contribution in [2.45, 2.75) is 32.2 Å². The zero-order chi connectivity index (χ0) is 13.7. The molecule has 1 amide bonds. The van der Waals surface area contributed by atoms with E-state index in [9.17, 15) is 4.79 Å². The summed E-state index contributed by atoms with van der Waals surface area (Å²) in [7, 11) is 0. The van der Waals surface area contributed by atoms with Crippen LogP contribution in [-0.2, 0) is 11.2 Å². The summed E-state index contributed by atoms with van der Waals surface area (Å²) in [6.07, 6.45) is 3.15. The summed E-state index contributed by atoms with van der Waals surface area (Å²) >= 11 is 5.56. The van der Waals surface area contributed by atoms with Crippen LogP contribution in [0.5, 0.6) is 0 Å². The Hall–Kier alpha value is -1.42. The molecule has 0 spiro atoms. The first kappa shape index (κ1) is 14.0. The van der Waals surface area contributed by atoms with Gasteiger partial charge in [0.2, 0.25) is 5.91 Å². The average Bonchev–Trinajstić information content (AvgIpc) is 2.91. The van der Waals surface area contributed by atoms with E-state index >= 15 is 0 Å². The van der Waals surface area contributed by atoms with Gasteiger partial charge >= 0.3 is 0 Å². The topological polar surface area (TPSA) is 32.3 Å². The summed E-state index contributed by atoms with van der Waals surface area (Å²) in [5.41, 5.74) is 1.20. The molecule has 1 heterocycles. The monoisotopic (exact) mass is 276 g/mol. The Morgan fingerprint density at radius 1 is 1.32 bits per heavy atom. The summed E-state index contributed by atoms with van der Waals surface area (Å²) in [6, 6.07) is 10.1. The van der Waals surface area contributed by atoms with E-state index in [0.29, 0.717) is 0 Å². The van der Waals surface area contributed by atoms with Crippen molar-refractivity contribution in [3.8, 4) is 0 Å². The lowest BCUT2D eigenvalue weighted by atomic mass is 10.1. The molecule has 4 heteroatoms. The fourth-order valence-corrected chi connectivity index (χ4v) is 2.78. The minimum Gasteiger partial charge on any atom is -0.364 e. The molecule has 3 nitrogen and oxygen atoms in total. The second-order valence-corrected chi connectivity index (χ2v) is 5.39. The minimum absolute atomic E-state index is 0.0255. The van der Waals surface area contributed by atoms with E-state index in [-0.39, 0.29) is 11.9 Å². The zero-order valence-corrected chi connectivity index (χ0v) is 12.1. The van der Waals surface area contributed by atoms with Crippen molar-refractivity contribution in [1.29, 1.82) is 0 Å². The molecule has 19 heavy (non-hydrogen) atoms. The molecule has 102 valence electrons. The predicted molar refractivity (Wildman–Crippen MR) is 81.2 cm³/mol. The van der Waals surface area contributed by atoms with E-state index in [1.165, 1.54) is 18.4 Å². The predicted octanol–water partition coefficient (Wildman–Crippen LogP) is 2.16. The number of rotatable bonds is 4. The molecule has 1 N–H and O–H groups in total. The smallest absolute Gasteiger partial charge is 0.217 e. The van der Waals surface area contributed by atoms with Crippen molar-refractivity contribution in [2.24, 2.45) is 0 Å². The van der Waals surface area contributed by atoms with Crippen molar-refractivity contribution >= 4 is 23.1 Å². The highest BCUT2D eigenvalue weighted by atomic mass is 32.1. The Bertz CT molecular complexity index is 441. The number of thiocarbonyl (C=S) groups is 1. The van der Waals surface area contributed by atoms with Gasteiger partial charge in [-0.25, -0.2) is 0 Å². The minimum atomic E-state index is -0.0759. The van der Waals surface area contributed by atoms with Gasteiger partial charge in [-0.2, -0.15) is 0 Å². The lowest BCUT2D eigenvalue weighted by Gasteiger charge is -2.26. The quantitative estimate of drug-likeness (QED) is 0.855. The molecule has 1 atom stereocenters. The van der Waals surface area contributed by atoms with E-state index in [0.717, 1.165) is 24.5 Å². The van der Waals surface area contributed by atoms with Crippen molar-refractivity contribution in [1.82, 2.24) is 10.2 Å². The Kier molecular flexibility index (Phi) is 4.91. The Morgan fingerprint density at radius 3 is 2.53 bits per heavy atom. The fraction of sp³-hybridized carbons (Fsp3) is 0.467. The van der Waals surface area contributed by atoms with Crippen molar-refractivity contribution < 1.29 is 4.79 Å². The molecule has 0 aliphatic carbocycles. The van der Waals surface area contributed by atoms with Gasteiger partial charge in [-0.1, -0.05) is 42.5 Å². The number of amides is 1. The second kappa shape index (κ2) is 6.66. The van der Waals surface area contributed by atoms with Gasteiger partial charge in [0.25, 0.3) is 0 Å². The standard InChI is InChI=1S/C15H20N2OS/c1-12(18)16-14(11-13-7-3-2-4-8-13)15(19)17-9-5-6-10-17/h2-4,7-8,14H,5-6,9-11H2,1H3,(H,16,18). The SMILES string of the molecule is CC(=O)NC(Cc1ccccc1)C(=S)N1CCCC1. The van der Waals surface area contributed by atoms with Crippen LogP contribution in [0.3, 0.4) is 0 Å². The molecule has 1 fully saturated rings. The van der Waals surface area contributed by atoms with E-state index < -0.39 is 0 Å². The highest BCUT2D eigenvalue weighted by Gasteiger charge is 2.23. The fourth-order valence-electron chi connectivity index (χ4n) is 2.45. The summed E-state index contributed by atoms with van der Waals surface area (Å²) in [6.45, 7) is 3.58. The normalized spacial score (nSPS) is 16.2. The van der Waals surface area contributed by atoms with Crippen LogP contribution in [0.4, 0.5) is 0 Å². The number of nitrogens with zero attached hydrogens (tertiary/aromatic N) is 1. The molecule has 1 aliphatic rings. The molecule has 1 aromatic carbocycles. The van der Waals surface area contributed by atoms with Gasteiger partial charge in [0.1, 0.15) is 4.99 Å². The Balaban J connectivity index is 2.06. The van der Waals surface area contributed by atoms with Crippen molar-refractivity contribution in [3.63, 3.8) is 0 Å². The first-order chi connectivity index (χ1) is 9.16. The summed E-state index contributed by atoms with van der Waals surface area (Å²) in [5, 5.41) is 2.98. The molecule has 1 unspecified atom stereocenters. The number of carbonyl (C=O) groups excluding carboxylic acids is 1. The molecule has 0 bridgehead atoms. The lowest BCUT2D eigenvalue weighted by molar-refractivity contribution is -0.119. The van der Waals surface area contributed by atoms with Crippen LogP contribution in [0.2, 0.25) is 0 Å². The van der Waals surface area contributed by atoms with E-state index in [2.05, 4.69) is 22.3 Å². The number of nitrogens with one attached hydrogen (secondary N) is 1. The van der Waals surface area contributed by atoms with Crippen LogP contribution < -0.4 is 5.32 Å². The van der Waals surface area contributed by atoms with Crippen LogP contribution >= 0.6 is 12.2 Å². The molecule has 1 saturated heterocycles. The second-order valence-electron chi connectivity index (χ2n) is 4.98. The molecular formula is C15H20N2OS. The summed E-state index contributed by atoms with van der Waals surface area (Å²) in [5.74, 6) is -0.0255. The van der Waals surface area contributed by atoms with E-state index in [1.807, 2.05) is 18.2 Å². The lowest BCUT2D eigenvalue weighted by Crippen LogP contribution is -2.47. The largest absolute Gasteiger partial charge is 0.364 e. The first-order valence-corrected chi connectivity index (χ1v) is 7.17. The van der Waals surface area contributed by atoms with E-state index in [4.69, 9.17) is 12.2 Å². The van der Waals surface area contributed by atoms with Gasteiger partial charge < -0.3 is 10.2 Å². The van der Waals surface area contributed by atoms with Gasteiger partial charge in [-0.15, -0.1) is 0 Å². The Morgan fingerprint density at radius 2 is 1.95 bits per heavy atom. The third-order valence-corrected chi connectivity index (χ3v) is 3.92. The van der Waals surface area contributed by atoms with Crippen LogP contribution in [0, 0.1) is 0 Å². The molecule has 0 radical (unpaired) electrons. The first-order valence-electron chi connectivity index (χ1n) is 6.76. The molecule has 1 aromatic rings. The number of benzene rings is 1. The van der Waals surface area contributed by atoms with Crippen molar-refractivity contribution in [3.05, 3.63) is 35.9 Å². The highest BCUT2D eigenvalue weighted by molar-refractivity contribution is 7.80.